The minimum Gasteiger partial charge on any atom is -0.379 e. The molecule has 1 aliphatic rings. The molecule has 1 aliphatic carbocycles. The van der Waals surface area contributed by atoms with Crippen molar-refractivity contribution in [2.45, 2.75) is 26.7 Å². The molecule has 0 heterocycles. The van der Waals surface area contributed by atoms with Gasteiger partial charge in [-0.1, -0.05) is 29.8 Å². The van der Waals surface area contributed by atoms with E-state index in [4.69, 9.17) is 0 Å². The molecule has 18 heavy (non-hydrogen) atoms. The lowest BCUT2D eigenvalue weighted by molar-refractivity contribution is -0.384. The molecule has 0 saturated heterocycles. The Morgan fingerprint density at radius 3 is 2.67 bits per heavy atom. The highest BCUT2D eigenvalue weighted by Gasteiger charge is 2.45. The average molecular weight is 313 g/mol. The molecule has 0 atom stereocenters. The van der Waals surface area contributed by atoms with Crippen LogP contribution in [0.3, 0.4) is 0 Å². The van der Waals surface area contributed by atoms with Gasteiger partial charge < -0.3 is 5.32 Å². The largest absolute Gasteiger partial charge is 0.379 e. The molecule has 4 nitrogen and oxygen atoms in total. The zero-order chi connectivity index (χ0) is 13.3. The number of nitrogens with zero attached hydrogens (tertiary/aromatic N) is 1. The highest BCUT2D eigenvalue weighted by molar-refractivity contribution is 9.10. The molecule has 0 aromatic heterocycles. The van der Waals surface area contributed by atoms with Crippen LogP contribution in [0.2, 0.25) is 0 Å². The summed E-state index contributed by atoms with van der Waals surface area (Å²) in [7, 11) is 0. The standard InChI is InChI=1S/C13H17BrN2O2/c1-9(2)13(5-6-13)8-15-11-4-3-10(14)7-12(11)16(17)18/h3-4,7,9,15H,5-6,8H2,1-2H3. The van der Waals surface area contributed by atoms with E-state index in [1.165, 1.54) is 18.9 Å². The maximum absolute atomic E-state index is 11.0. The Bertz CT molecular complexity index is 470. The fraction of sp³-hybridized carbons (Fsp3) is 0.538. The van der Waals surface area contributed by atoms with Crippen LogP contribution in [-0.2, 0) is 0 Å². The Morgan fingerprint density at radius 1 is 1.50 bits per heavy atom. The van der Waals surface area contributed by atoms with Crippen LogP contribution in [0.5, 0.6) is 0 Å². The van der Waals surface area contributed by atoms with Gasteiger partial charge in [-0.3, -0.25) is 10.1 Å². The van der Waals surface area contributed by atoms with Crippen molar-refractivity contribution in [3.8, 4) is 0 Å². The monoisotopic (exact) mass is 312 g/mol. The number of rotatable bonds is 5. The van der Waals surface area contributed by atoms with Crippen molar-refractivity contribution in [2.75, 3.05) is 11.9 Å². The molecule has 0 aliphatic heterocycles. The molecule has 1 aromatic carbocycles. The molecule has 1 aromatic rings. The van der Waals surface area contributed by atoms with Crippen molar-refractivity contribution >= 4 is 27.3 Å². The van der Waals surface area contributed by atoms with Crippen molar-refractivity contribution in [3.63, 3.8) is 0 Å². The van der Waals surface area contributed by atoms with Crippen molar-refractivity contribution in [3.05, 3.63) is 32.8 Å². The summed E-state index contributed by atoms with van der Waals surface area (Å²) >= 11 is 3.26. The summed E-state index contributed by atoms with van der Waals surface area (Å²) in [5.41, 5.74) is 1.07. The van der Waals surface area contributed by atoms with E-state index in [-0.39, 0.29) is 10.6 Å². The Balaban J connectivity index is 2.12. The van der Waals surface area contributed by atoms with Crippen molar-refractivity contribution in [1.29, 1.82) is 0 Å². The third-order valence-electron chi connectivity index (χ3n) is 3.90. The molecule has 1 saturated carbocycles. The van der Waals surface area contributed by atoms with Crippen LogP contribution in [0.4, 0.5) is 11.4 Å². The normalized spacial score (nSPS) is 16.7. The minimum absolute atomic E-state index is 0.129. The Kier molecular flexibility index (Phi) is 3.61. The third-order valence-corrected chi connectivity index (χ3v) is 4.40. The molecule has 0 unspecified atom stereocenters. The molecular weight excluding hydrogens is 296 g/mol. The molecule has 1 N–H and O–H groups in total. The molecule has 0 radical (unpaired) electrons. The summed E-state index contributed by atoms with van der Waals surface area (Å²) in [4.78, 5) is 10.6. The van der Waals surface area contributed by atoms with E-state index in [1.54, 1.807) is 6.07 Å². The number of halogens is 1. The van der Waals surface area contributed by atoms with Crippen molar-refractivity contribution in [2.24, 2.45) is 11.3 Å². The highest BCUT2D eigenvalue weighted by Crippen LogP contribution is 2.51. The van der Waals surface area contributed by atoms with E-state index in [9.17, 15) is 10.1 Å². The summed E-state index contributed by atoms with van der Waals surface area (Å²) in [6.45, 7) is 5.24. The smallest absolute Gasteiger partial charge is 0.293 e. The summed E-state index contributed by atoms with van der Waals surface area (Å²) in [5, 5.41) is 14.2. The van der Waals surface area contributed by atoms with E-state index >= 15 is 0 Å². The van der Waals surface area contributed by atoms with Gasteiger partial charge in [0.1, 0.15) is 5.69 Å². The second kappa shape index (κ2) is 4.88. The maximum Gasteiger partial charge on any atom is 0.293 e. The number of nitro groups is 1. The quantitative estimate of drug-likeness (QED) is 0.654. The van der Waals surface area contributed by atoms with Crippen LogP contribution in [0, 0.1) is 21.4 Å². The van der Waals surface area contributed by atoms with Gasteiger partial charge >= 0.3 is 0 Å². The SMILES string of the molecule is CC(C)C1(CNc2ccc(Br)cc2[N+](=O)[O-])CC1. The van der Waals surface area contributed by atoms with E-state index in [2.05, 4.69) is 35.1 Å². The predicted molar refractivity (Wildman–Crippen MR) is 75.8 cm³/mol. The summed E-state index contributed by atoms with van der Waals surface area (Å²) in [6.07, 6.45) is 2.42. The van der Waals surface area contributed by atoms with Crippen LogP contribution in [0.25, 0.3) is 0 Å². The Hall–Kier alpha value is -1.10. The number of nitro benzene ring substituents is 1. The van der Waals surface area contributed by atoms with Crippen LogP contribution in [-0.4, -0.2) is 11.5 Å². The molecule has 2 rings (SSSR count). The van der Waals surface area contributed by atoms with E-state index < -0.39 is 0 Å². The lowest BCUT2D eigenvalue weighted by Crippen LogP contribution is -2.21. The number of hydrogen-bond donors (Lipinski definition) is 1. The Morgan fingerprint density at radius 2 is 2.17 bits per heavy atom. The van der Waals surface area contributed by atoms with E-state index in [1.807, 2.05) is 6.07 Å². The van der Waals surface area contributed by atoms with Crippen LogP contribution < -0.4 is 5.32 Å². The van der Waals surface area contributed by atoms with Crippen LogP contribution in [0.1, 0.15) is 26.7 Å². The van der Waals surface area contributed by atoms with Crippen molar-refractivity contribution < 1.29 is 4.92 Å². The van der Waals surface area contributed by atoms with E-state index in [0.29, 0.717) is 17.0 Å². The van der Waals surface area contributed by atoms with Crippen molar-refractivity contribution in [1.82, 2.24) is 0 Å². The fourth-order valence-corrected chi connectivity index (χ4v) is 2.54. The molecule has 1 fully saturated rings. The maximum atomic E-state index is 11.0. The summed E-state index contributed by atoms with van der Waals surface area (Å²) in [6, 6.07) is 5.13. The predicted octanol–water partition coefficient (Wildman–Crippen LogP) is 4.21. The summed E-state index contributed by atoms with van der Waals surface area (Å²) in [5.74, 6) is 0.611. The first-order valence-electron chi connectivity index (χ1n) is 6.12. The van der Waals surface area contributed by atoms with Gasteiger partial charge in [0.25, 0.3) is 5.69 Å². The van der Waals surface area contributed by atoms with Gasteiger partial charge in [0.15, 0.2) is 0 Å². The van der Waals surface area contributed by atoms with E-state index in [0.717, 1.165) is 11.0 Å². The molecular formula is C13H17BrN2O2. The number of hydrogen-bond acceptors (Lipinski definition) is 3. The van der Waals surface area contributed by atoms with Gasteiger partial charge in [0.05, 0.1) is 4.92 Å². The van der Waals surface area contributed by atoms with Gasteiger partial charge in [0.2, 0.25) is 0 Å². The first kappa shape index (κ1) is 13.3. The second-order valence-corrected chi connectivity index (χ2v) is 6.20. The Labute approximate surface area is 115 Å². The van der Waals surface area contributed by atoms with Gasteiger partial charge in [0, 0.05) is 17.1 Å². The first-order chi connectivity index (χ1) is 8.44. The van der Waals surface area contributed by atoms with Crippen LogP contribution >= 0.6 is 15.9 Å². The average Bonchev–Trinajstić information content (AvgIpc) is 3.08. The number of anilines is 1. The highest BCUT2D eigenvalue weighted by atomic mass is 79.9. The first-order valence-corrected chi connectivity index (χ1v) is 6.92. The van der Waals surface area contributed by atoms with Gasteiger partial charge in [-0.2, -0.15) is 0 Å². The number of nitrogens with one attached hydrogen (secondary N) is 1. The zero-order valence-corrected chi connectivity index (χ0v) is 12.2. The lowest BCUT2D eigenvalue weighted by atomic mass is 9.92. The zero-order valence-electron chi connectivity index (χ0n) is 10.6. The van der Waals surface area contributed by atoms with Crippen LogP contribution in [0.15, 0.2) is 22.7 Å². The molecule has 98 valence electrons. The van der Waals surface area contributed by atoms with Gasteiger partial charge in [-0.25, -0.2) is 0 Å². The molecule has 0 spiro atoms. The molecule has 0 bridgehead atoms. The topological polar surface area (TPSA) is 55.2 Å². The molecule has 5 heteroatoms. The summed E-state index contributed by atoms with van der Waals surface area (Å²) < 4.78 is 0.727. The third kappa shape index (κ3) is 2.66. The lowest BCUT2D eigenvalue weighted by Gasteiger charge is -2.20. The fourth-order valence-electron chi connectivity index (χ4n) is 2.20. The minimum atomic E-state index is -0.345. The second-order valence-electron chi connectivity index (χ2n) is 5.29. The van der Waals surface area contributed by atoms with Gasteiger partial charge in [-0.15, -0.1) is 0 Å². The number of benzene rings is 1. The van der Waals surface area contributed by atoms with Gasteiger partial charge in [-0.05, 0) is 36.3 Å². The molecule has 0 amide bonds.